The summed E-state index contributed by atoms with van der Waals surface area (Å²) in [5, 5.41) is 10.0. The Kier molecular flexibility index (Phi) is 9.05. The minimum Gasteiger partial charge on any atom is -0.493 e. The summed E-state index contributed by atoms with van der Waals surface area (Å²) < 4.78 is 22.4. The van der Waals surface area contributed by atoms with Gasteiger partial charge in [0.15, 0.2) is 11.5 Å². The van der Waals surface area contributed by atoms with Gasteiger partial charge in [0, 0.05) is 25.6 Å². The third kappa shape index (κ3) is 5.95. The number of carboxylic acids is 1. The first-order valence-corrected chi connectivity index (χ1v) is 12.9. The Morgan fingerprint density at radius 3 is 2.53 bits per heavy atom. The molecule has 3 unspecified atom stereocenters. The van der Waals surface area contributed by atoms with Crippen molar-refractivity contribution in [1.82, 2.24) is 4.90 Å². The lowest BCUT2D eigenvalue weighted by atomic mass is 9.92. The highest BCUT2D eigenvalue weighted by atomic mass is 31.1. The molecule has 34 heavy (non-hydrogen) atoms. The van der Waals surface area contributed by atoms with Gasteiger partial charge < -0.3 is 29.0 Å². The number of fused-ring (bicyclic) bond motifs is 1. The van der Waals surface area contributed by atoms with Crippen molar-refractivity contribution >= 4 is 25.7 Å². The van der Waals surface area contributed by atoms with Gasteiger partial charge in [-0.25, -0.2) is 4.79 Å². The van der Waals surface area contributed by atoms with E-state index in [9.17, 15) is 14.7 Å². The highest BCUT2D eigenvalue weighted by Gasteiger charge is 2.42. The van der Waals surface area contributed by atoms with Gasteiger partial charge in [-0.2, -0.15) is 0 Å². The average Bonchev–Trinajstić information content (AvgIpc) is 2.84. The van der Waals surface area contributed by atoms with Gasteiger partial charge in [-0.15, -0.1) is 0 Å². The van der Waals surface area contributed by atoms with Crippen molar-refractivity contribution in [3.8, 4) is 11.5 Å². The van der Waals surface area contributed by atoms with E-state index in [4.69, 9.17) is 18.9 Å². The number of nitrogens with zero attached hydrogens (tertiary/aromatic N) is 1. The molecule has 1 aliphatic heterocycles. The van der Waals surface area contributed by atoms with Crippen LogP contribution in [0.4, 0.5) is 0 Å². The standard InChI is InChI=1S/C25H30NO7P/c1-30-12-13-32-25(34(3)4)23(27)26-15-18-10-11-21(31-2)22(19(18)14-20(26)24(28)29)33-16-17-8-6-5-7-9-17/h5-11,20,25H,3,12-16H2,1-2,4H3/p+1. The fourth-order valence-corrected chi connectivity index (χ4v) is 4.77. The van der Waals surface area contributed by atoms with Crippen LogP contribution in [0.15, 0.2) is 42.5 Å². The summed E-state index contributed by atoms with van der Waals surface area (Å²) in [6.45, 7) is 2.83. The second kappa shape index (κ2) is 12.0. The van der Waals surface area contributed by atoms with Crippen LogP contribution in [0.5, 0.6) is 11.5 Å². The van der Waals surface area contributed by atoms with Crippen LogP contribution in [0, 0.1) is 0 Å². The summed E-state index contributed by atoms with van der Waals surface area (Å²) in [6, 6.07) is 12.3. The zero-order valence-electron chi connectivity index (χ0n) is 19.7. The number of benzene rings is 2. The largest absolute Gasteiger partial charge is 0.493 e. The first kappa shape index (κ1) is 25.7. The Bertz CT molecular complexity index is 1030. The third-order valence-corrected chi connectivity index (χ3v) is 6.80. The molecule has 0 fully saturated rings. The van der Waals surface area contributed by atoms with E-state index in [0.717, 1.165) is 16.7 Å². The maximum absolute atomic E-state index is 13.4. The second-order valence-electron chi connectivity index (χ2n) is 8.01. The fourth-order valence-electron chi connectivity index (χ4n) is 3.89. The summed E-state index contributed by atoms with van der Waals surface area (Å²) >= 11 is 0. The van der Waals surface area contributed by atoms with Crippen LogP contribution < -0.4 is 9.47 Å². The van der Waals surface area contributed by atoms with Crippen LogP contribution >= 0.6 is 7.55 Å². The number of rotatable bonds is 11. The Morgan fingerprint density at radius 1 is 1.18 bits per heavy atom. The highest BCUT2D eigenvalue weighted by molar-refractivity contribution is 7.56. The molecule has 8 nitrogen and oxygen atoms in total. The van der Waals surface area contributed by atoms with E-state index in [1.54, 1.807) is 20.3 Å². The molecule has 0 aliphatic carbocycles. The maximum Gasteiger partial charge on any atom is 0.326 e. The van der Waals surface area contributed by atoms with E-state index in [1.165, 1.54) is 4.90 Å². The first-order valence-electron chi connectivity index (χ1n) is 10.9. The van der Waals surface area contributed by atoms with E-state index >= 15 is 0 Å². The van der Waals surface area contributed by atoms with Crippen molar-refractivity contribution in [2.45, 2.75) is 31.5 Å². The van der Waals surface area contributed by atoms with Crippen molar-refractivity contribution < 1.29 is 33.6 Å². The monoisotopic (exact) mass is 488 g/mol. The second-order valence-corrected chi connectivity index (χ2v) is 9.99. The molecule has 2 aromatic rings. The van der Waals surface area contributed by atoms with E-state index < -0.39 is 25.4 Å². The lowest BCUT2D eigenvalue weighted by Gasteiger charge is -2.36. The van der Waals surface area contributed by atoms with Gasteiger partial charge in [0.2, 0.25) is 0 Å². The molecule has 1 N–H and O–H groups in total. The molecule has 1 heterocycles. The van der Waals surface area contributed by atoms with Crippen molar-refractivity contribution in [1.29, 1.82) is 0 Å². The Hall–Kier alpha value is -2.93. The van der Waals surface area contributed by atoms with Gasteiger partial charge in [-0.05, 0) is 17.2 Å². The number of amides is 1. The molecule has 0 saturated heterocycles. The van der Waals surface area contributed by atoms with Crippen LogP contribution in [0.25, 0.3) is 0 Å². The molecule has 1 amide bonds. The zero-order chi connectivity index (χ0) is 24.7. The normalized spacial score (nSPS) is 16.4. The van der Waals surface area contributed by atoms with Gasteiger partial charge >= 0.3 is 5.97 Å². The summed E-state index contributed by atoms with van der Waals surface area (Å²) in [5.74, 6) is -1.24. The molecule has 0 saturated carbocycles. The first-order chi connectivity index (χ1) is 16.4. The predicted octanol–water partition coefficient (Wildman–Crippen LogP) is 3.14. The van der Waals surface area contributed by atoms with E-state index in [2.05, 4.69) is 6.30 Å². The number of carbonyl (C=O) groups is 2. The molecule has 182 valence electrons. The highest BCUT2D eigenvalue weighted by Crippen LogP contribution is 2.39. The molecular formula is C25H31NO7P+. The number of aliphatic carboxylic acids is 1. The molecule has 2 aromatic carbocycles. The molecule has 0 spiro atoms. The summed E-state index contributed by atoms with van der Waals surface area (Å²) in [5.41, 5.74) is 2.53. The van der Waals surface area contributed by atoms with Crippen LogP contribution in [-0.4, -0.2) is 74.2 Å². The van der Waals surface area contributed by atoms with Gasteiger partial charge in [0.05, 0.1) is 33.3 Å². The van der Waals surface area contributed by atoms with Crippen molar-refractivity contribution in [3.63, 3.8) is 0 Å². The SMILES string of the molecule is C=[P+](C)C(OCCOC)C(=O)N1Cc2ccc(OC)c(OCc3ccccc3)c2CC1C(=O)O. The number of hydrogen-bond donors (Lipinski definition) is 1. The third-order valence-electron chi connectivity index (χ3n) is 5.62. The molecule has 0 aromatic heterocycles. The van der Waals surface area contributed by atoms with Crippen molar-refractivity contribution in [3.05, 3.63) is 59.2 Å². The Balaban J connectivity index is 1.91. The van der Waals surface area contributed by atoms with Crippen molar-refractivity contribution in [2.24, 2.45) is 0 Å². The van der Waals surface area contributed by atoms with E-state index in [-0.39, 0.29) is 25.5 Å². The van der Waals surface area contributed by atoms with Crippen LogP contribution in [0.1, 0.15) is 16.7 Å². The summed E-state index contributed by atoms with van der Waals surface area (Å²) in [6.07, 6.45) is 4.10. The molecule has 9 heteroatoms. The van der Waals surface area contributed by atoms with Crippen LogP contribution in [0.2, 0.25) is 0 Å². The van der Waals surface area contributed by atoms with Crippen LogP contribution in [-0.2, 0) is 38.6 Å². The van der Waals surface area contributed by atoms with Crippen LogP contribution in [0.3, 0.4) is 0 Å². The zero-order valence-corrected chi connectivity index (χ0v) is 20.6. The van der Waals surface area contributed by atoms with Gasteiger partial charge in [0.1, 0.15) is 20.2 Å². The van der Waals surface area contributed by atoms with Gasteiger partial charge in [-0.3, -0.25) is 4.79 Å². The molecular weight excluding hydrogens is 457 g/mol. The van der Waals surface area contributed by atoms with Gasteiger partial charge in [-0.1, -0.05) is 36.4 Å². The molecule has 3 atom stereocenters. The molecule has 0 bridgehead atoms. The molecule has 0 radical (unpaired) electrons. The van der Waals surface area contributed by atoms with E-state index in [0.29, 0.717) is 24.7 Å². The smallest absolute Gasteiger partial charge is 0.326 e. The number of carbonyl (C=O) groups excluding carboxylic acids is 1. The number of methoxy groups -OCH3 is 2. The molecule has 3 rings (SSSR count). The average molecular weight is 488 g/mol. The minimum atomic E-state index is -1.09. The lowest BCUT2D eigenvalue weighted by Crippen LogP contribution is -2.52. The topological polar surface area (TPSA) is 94.5 Å². The lowest BCUT2D eigenvalue weighted by molar-refractivity contribution is -0.154. The van der Waals surface area contributed by atoms with E-state index in [1.807, 2.05) is 43.1 Å². The number of hydrogen-bond acceptors (Lipinski definition) is 6. The Morgan fingerprint density at radius 2 is 1.91 bits per heavy atom. The number of ether oxygens (including phenoxy) is 4. The van der Waals surface area contributed by atoms with Gasteiger partial charge in [0.25, 0.3) is 11.8 Å². The quantitative estimate of drug-likeness (QED) is 0.384. The Labute approximate surface area is 200 Å². The maximum atomic E-state index is 13.4. The number of carboxylic acid groups (broad SMARTS) is 1. The summed E-state index contributed by atoms with van der Waals surface area (Å²) in [4.78, 5) is 27.0. The molecule has 1 aliphatic rings. The van der Waals surface area contributed by atoms with Crippen molar-refractivity contribution in [2.75, 3.05) is 34.1 Å². The fraction of sp³-hybridized carbons (Fsp3) is 0.400. The summed E-state index contributed by atoms with van der Waals surface area (Å²) in [7, 11) is 2.04. The minimum absolute atomic E-state index is 0.0985. The predicted molar refractivity (Wildman–Crippen MR) is 131 cm³/mol.